The Labute approximate surface area is 67.1 Å². The van der Waals surface area contributed by atoms with Crippen molar-refractivity contribution in [2.24, 2.45) is 0 Å². The molecule has 0 radical (unpaired) electrons. The van der Waals surface area contributed by atoms with Crippen molar-refractivity contribution >= 4 is 0 Å². The van der Waals surface area contributed by atoms with Gasteiger partial charge in [0.05, 0.1) is 25.0 Å². The zero-order valence-corrected chi connectivity index (χ0v) is 6.54. The van der Waals surface area contributed by atoms with Crippen molar-refractivity contribution in [2.75, 3.05) is 0 Å². The first-order valence-electron chi connectivity index (χ1n) is 3.38. The van der Waals surface area contributed by atoms with Crippen LogP contribution in [0.1, 0.15) is 19.8 Å². The van der Waals surface area contributed by atoms with Crippen molar-refractivity contribution in [1.29, 1.82) is 10.5 Å². The lowest BCUT2D eigenvalue weighted by Crippen LogP contribution is -1.68. The van der Waals surface area contributed by atoms with Gasteiger partial charge < -0.3 is 0 Å². The van der Waals surface area contributed by atoms with Gasteiger partial charge in [0.2, 0.25) is 0 Å². The van der Waals surface area contributed by atoms with E-state index in [1.54, 1.807) is 6.08 Å². The van der Waals surface area contributed by atoms with E-state index in [9.17, 15) is 0 Å². The number of rotatable bonds is 3. The minimum absolute atomic E-state index is 0.428. The second-order valence-electron chi connectivity index (χ2n) is 2.07. The van der Waals surface area contributed by atoms with Gasteiger partial charge in [-0.2, -0.15) is 10.5 Å². The van der Waals surface area contributed by atoms with Gasteiger partial charge >= 0.3 is 0 Å². The highest BCUT2D eigenvalue weighted by molar-refractivity contribution is 5.17. The van der Waals surface area contributed by atoms with Crippen LogP contribution in [0.2, 0.25) is 0 Å². The van der Waals surface area contributed by atoms with E-state index >= 15 is 0 Å². The molecule has 0 aliphatic carbocycles. The van der Waals surface area contributed by atoms with Gasteiger partial charge in [-0.05, 0) is 6.92 Å². The summed E-state index contributed by atoms with van der Waals surface area (Å²) in [5, 5.41) is 16.4. The predicted molar refractivity (Wildman–Crippen MR) is 43.4 cm³/mol. The van der Waals surface area contributed by atoms with Crippen LogP contribution in [0.25, 0.3) is 0 Å². The summed E-state index contributed by atoms with van der Waals surface area (Å²) in [5.74, 6) is 0. The normalized spacial score (nSPS) is 11.0. The molecule has 0 aromatic heterocycles. The molecule has 0 atom stereocenters. The summed E-state index contributed by atoms with van der Waals surface area (Å²) in [6.45, 7) is 1.91. The first kappa shape index (κ1) is 9.46. The second-order valence-corrected chi connectivity index (χ2v) is 2.07. The van der Waals surface area contributed by atoms with E-state index in [4.69, 9.17) is 10.5 Å². The molecule has 0 fully saturated rings. The van der Waals surface area contributed by atoms with Crippen molar-refractivity contribution in [2.45, 2.75) is 19.8 Å². The first-order valence-corrected chi connectivity index (χ1v) is 3.38. The first-order chi connectivity index (χ1) is 5.31. The Kier molecular flexibility index (Phi) is 5.66. The fraction of sp³-hybridized carbons (Fsp3) is 0.333. The van der Waals surface area contributed by atoms with Crippen LogP contribution in [-0.2, 0) is 0 Å². The van der Waals surface area contributed by atoms with E-state index in [2.05, 4.69) is 0 Å². The van der Waals surface area contributed by atoms with E-state index in [0.717, 1.165) is 5.57 Å². The Morgan fingerprint density at radius 3 is 2.45 bits per heavy atom. The monoisotopic (exact) mass is 146 g/mol. The van der Waals surface area contributed by atoms with Gasteiger partial charge in [0, 0.05) is 0 Å². The summed E-state index contributed by atoms with van der Waals surface area (Å²) in [4.78, 5) is 0. The highest BCUT2D eigenvalue weighted by atomic mass is 14.2. The number of hydrogen-bond donors (Lipinski definition) is 0. The molecule has 0 rings (SSSR count). The van der Waals surface area contributed by atoms with Gasteiger partial charge in [-0.1, -0.05) is 23.8 Å². The van der Waals surface area contributed by atoms with E-state index in [1.807, 2.05) is 31.2 Å². The lowest BCUT2D eigenvalue weighted by Gasteiger charge is -1.85. The number of hydrogen-bond acceptors (Lipinski definition) is 2. The van der Waals surface area contributed by atoms with Crippen molar-refractivity contribution in [1.82, 2.24) is 0 Å². The molecule has 0 saturated carbocycles. The van der Waals surface area contributed by atoms with Crippen LogP contribution in [-0.4, -0.2) is 0 Å². The maximum Gasteiger partial charge on any atom is 0.0663 e. The van der Waals surface area contributed by atoms with Crippen LogP contribution in [0.15, 0.2) is 23.8 Å². The Hall–Kier alpha value is -1.54. The molecule has 11 heavy (non-hydrogen) atoms. The van der Waals surface area contributed by atoms with Crippen LogP contribution >= 0.6 is 0 Å². The van der Waals surface area contributed by atoms with Crippen LogP contribution in [0, 0.1) is 22.7 Å². The fourth-order valence-electron chi connectivity index (χ4n) is 0.572. The zero-order chi connectivity index (χ0) is 8.53. The summed E-state index contributed by atoms with van der Waals surface area (Å²) in [6.07, 6.45) is 6.32. The van der Waals surface area contributed by atoms with Gasteiger partial charge in [-0.3, -0.25) is 0 Å². The summed E-state index contributed by atoms with van der Waals surface area (Å²) in [6, 6.07) is 4.01. The Balaban J connectivity index is 3.79. The number of nitriles is 2. The second kappa shape index (κ2) is 6.58. The molecule has 0 amide bonds. The largest absolute Gasteiger partial charge is 0.198 e. The van der Waals surface area contributed by atoms with E-state index < -0.39 is 0 Å². The minimum atomic E-state index is 0.428. The highest BCUT2D eigenvalue weighted by Crippen LogP contribution is 1.97. The SMILES string of the molecule is CC(/C=C\CC#N)=C/CC#N. The summed E-state index contributed by atoms with van der Waals surface area (Å²) in [5.41, 5.74) is 1.03. The third-order valence-electron chi connectivity index (χ3n) is 1.11. The van der Waals surface area contributed by atoms with Crippen LogP contribution in [0.4, 0.5) is 0 Å². The number of allylic oxidation sites excluding steroid dienone is 4. The molecule has 0 spiro atoms. The van der Waals surface area contributed by atoms with Gasteiger partial charge in [0.15, 0.2) is 0 Å². The van der Waals surface area contributed by atoms with E-state index in [0.29, 0.717) is 12.8 Å². The van der Waals surface area contributed by atoms with Crippen molar-refractivity contribution in [3.8, 4) is 12.1 Å². The zero-order valence-electron chi connectivity index (χ0n) is 6.54. The summed E-state index contributed by atoms with van der Waals surface area (Å²) >= 11 is 0. The molecule has 0 unspecified atom stereocenters. The third kappa shape index (κ3) is 6.34. The Morgan fingerprint density at radius 2 is 1.91 bits per heavy atom. The predicted octanol–water partition coefficient (Wildman–Crippen LogP) is 2.32. The molecule has 0 aromatic rings. The maximum atomic E-state index is 8.22. The molecule has 0 aliphatic rings. The quantitative estimate of drug-likeness (QED) is 0.573. The fourth-order valence-corrected chi connectivity index (χ4v) is 0.572. The molecule has 0 heterocycles. The molecule has 0 saturated heterocycles. The molecule has 2 nitrogen and oxygen atoms in total. The summed E-state index contributed by atoms with van der Waals surface area (Å²) in [7, 11) is 0. The standard InChI is InChI=1S/C9H10N2/c1-9(6-4-8-11)5-2-3-7-10/h2,5-6H,3-4H2,1H3/b5-2-,9-6-. The van der Waals surface area contributed by atoms with Crippen LogP contribution in [0.3, 0.4) is 0 Å². The van der Waals surface area contributed by atoms with E-state index in [1.165, 1.54) is 0 Å². The molecule has 0 aromatic carbocycles. The average molecular weight is 146 g/mol. The molecule has 0 bridgehead atoms. The van der Waals surface area contributed by atoms with Gasteiger partial charge in [-0.15, -0.1) is 0 Å². The minimum Gasteiger partial charge on any atom is -0.198 e. The third-order valence-corrected chi connectivity index (χ3v) is 1.11. The molecular formula is C9H10N2. The number of nitrogens with zero attached hydrogens (tertiary/aromatic N) is 2. The van der Waals surface area contributed by atoms with E-state index in [-0.39, 0.29) is 0 Å². The van der Waals surface area contributed by atoms with Gasteiger partial charge in [-0.25, -0.2) is 0 Å². The van der Waals surface area contributed by atoms with Crippen molar-refractivity contribution in [3.63, 3.8) is 0 Å². The Morgan fingerprint density at radius 1 is 1.27 bits per heavy atom. The lowest BCUT2D eigenvalue weighted by atomic mass is 10.2. The highest BCUT2D eigenvalue weighted by Gasteiger charge is 1.79. The van der Waals surface area contributed by atoms with Gasteiger partial charge in [0.1, 0.15) is 0 Å². The van der Waals surface area contributed by atoms with Crippen molar-refractivity contribution in [3.05, 3.63) is 23.8 Å². The van der Waals surface area contributed by atoms with Crippen molar-refractivity contribution < 1.29 is 0 Å². The van der Waals surface area contributed by atoms with Crippen LogP contribution in [0.5, 0.6) is 0 Å². The summed E-state index contributed by atoms with van der Waals surface area (Å²) < 4.78 is 0. The van der Waals surface area contributed by atoms with Crippen LogP contribution < -0.4 is 0 Å². The Bertz CT molecular complexity index is 235. The maximum absolute atomic E-state index is 8.22. The smallest absolute Gasteiger partial charge is 0.0663 e. The molecule has 56 valence electrons. The molecule has 2 heteroatoms. The molecular weight excluding hydrogens is 136 g/mol. The molecule has 0 aliphatic heterocycles. The topological polar surface area (TPSA) is 47.6 Å². The molecule has 0 N–H and O–H groups in total. The lowest BCUT2D eigenvalue weighted by molar-refractivity contribution is 1.30. The average Bonchev–Trinajstić information content (AvgIpc) is 2.01. The van der Waals surface area contributed by atoms with Gasteiger partial charge in [0.25, 0.3) is 0 Å².